The molecule has 10 heteroatoms. The van der Waals surface area contributed by atoms with Crippen molar-refractivity contribution in [2.75, 3.05) is 5.32 Å². The Bertz CT molecular complexity index is 920. The lowest BCUT2D eigenvalue weighted by Crippen LogP contribution is -2.27. The standard InChI is InChI=1S/C15H18N8O2/c1-21-9-10(7-18-21)6-16-15(25)13-11(8-19-23(13)3)20-14(24)12-4-5-17-22(12)2/h4-5,7-9H,6H2,1-3H3,(H,16,25)(H,20,24). The average Bonchev–Trinajstić information content (AvgIpc) is 3.26. The molecule has 0 atom stereocenters. The van der Waals surface area contributed by atoms with E-state index in [1.165, 1.54) is 21.8 Å². The van der Waals surface area contributed by atoms with Crippen LogP contribution in [0.4, 0.5) is 5.69 Å². The van der Waals surface area contributed by atoms with Crippen molar-refractivity contribution in [2.24, 2.45) is 21.1 Å². The van der Waals surface area contributed by atoms with Gasteiger partial charge in [-0.2, -0.15) is 15.3 Å². The van der Waals surface area contributed by atoms with Crippen molar-refractivity contribution >= 4 is 17.5 Å². The van der Waals surface area contributed by atoms with Crippen LogP contribution in [0.3, 0.4) is 0 Å². The molecule has 2 N–H and O–H groups in total. The van der Waals surface area contributed by atoms with E-state index in [2.05, 4.69) is 25.9 Å². The first-order chi connectivity index (χ1) is 12.0. The third-order valence-corrected chi connectivity index (χ3v) is 3.67. The zero-order chi connectivity index (χ0) is 18.0. The molecule has 0 saturated heterocycles. The fraction of sp³-hybridized carbons (Fsp3) is 0.267. The van der Waals surface area contributed by atoms with Gasteiger partial charge in [0.2, 0.25) is 0 Å². The monoisotopic (exact) mass is 342 g/mol. The van der Waals surface area contributed by atoms with Crippen molar-refractivity contribution in [1.29, 1.82) is 0 Å². The molecule has 0 fully saturated rings. The highest BCUT2D eigenvalue weighted by Gasteiger charge is 2.20. The molecule has 25 heavy (non-hydrogen) atoms. The molecular formula is C15H18N8O2. The van der Waals surface area contributed by atoms with Crippen LogP contribution in [0.25, 0.3) is 0 Å². The number of hydrogen-bond acceptors (Lipinski definition) is 5. The Kier molecular flexibility index (Phi) is 4.33. The van der Waals surface area contributed by atoms with E-state index in [4.69, 9.17) is 0 Å². The zero-order valence-corrected chi connectivity index (χ0v) is 14.1. The quantitative estimate of drug-likeness (QED) is 0.681. The fourth-order valence-electron chi connectivity index (χ4n) is 2.41. The summed E-state index contributed by atoms with van der Waals surface area (Å²) in [5.74, 6) is -0.710. The molecule has 0 radical (unpaired) electrons. The van der Waals surface area contributed by atoms with Crippen molar-refractivity contribution in [3.63, 3.8) is 0 Å². The Morgan fingerprint density at radius 1 is 1.04 bits per heavy atom. The minimum atomic E-state index is -0.366. The highest BCUT2D eigenvalue weighted by atomic mass is 16.2. The Balaban J connectivity index is 1.73. The van der Waals surface area contributed by atoms with Gasteiger partial charge in [0.15, 0.2) is 0 Å². The largest absolute Gasteiger partial charge is 0.346 e. The van der Waals surface area contributed by atoms with E-state index < -0.39 is 0 Å². The lowest BCUT2D eigenvalue weighted by atomic mass is 10.3. The number of carbonyl (C=O) groups excluding carboxylic acids is 2. The lowest BCUT2D eigenvalue weighted by Gasteiger charge is -2.08. The number of hydrogen-bond donors (Lipinski definition) is 2. The summed E-state index contributed by atoms with van der Waals surface area (Å²) in [5.41, 5.74) is 1.85. The highest BCUT2D eigenvalue weighted by Crippen LogP contribution is 2.15. The van der Waals surface area contributed by atoms with Crippen molar-refractivity contribution in [3.05, 3.63) is 47.8 Å². The van der Waals surface area contributed by atoms with Crippen LogP contribution in [0.5, 0.6) is 0 Å². The topological polar surface area (TPSA) is 112 Å². The number of rotatable bonds is 5. The van der Waals surface area contributed by atoms with Gasteiger partial charge in [-0.05, 0) is 6.07 Å². The van der Waals surface area contributed by atoms with E-state index in [1.807, 2.05) is 6.20 Å². The second-order valence-corrected chi connectivity index (χ2v) is 5.53. The first-order valence-electron chi connectivity index (χ1n) is 7.53. The molecule has 3 aromatic heterocycles. The molecule has 10 nitrogen and oxygen atoms in total. The van der Waals surface area contributed by atoms with Gasteiger partial charge < -0.3 is 10.6 Å². The van der Waals surface area contributed by atoms with Crippen molar-refractivity contribution in [1.82, 2.24) is 34.7 Å². The fourth-order valence-corrected chi connectivity index (χ4v) is 2.41. The predicted octanol–water partition coefficient (Wildman–Crippen LogP) is 0.0694. The molecule has 130 valence electrons. The Morgan fingerprint density at radius 3 is 2.48 bits per heavy atom. The second kappa shape index (κ2) is 6.59. The van der Waals surface area contributed by atoms with Crippen molar-refractivity contribution < 1.29 is 9.59 Å². The maximum absolute atomic E-state index is 12.5. The predicted molar refractivity (Wildman–Crippen MR) is 88.7 cm³/mol. The van der Waals surface area contributed by atoms with Crippen LogP contribution in [0.1, 0.15) is 26.5 Å². The number of anilines is 1. The molecule has 3 aromatic rings. The number of aryl methyl sites for hydroxylation is 3. The molecule has 0 aliphatic heterocycles. The lowest BCUT2D eigenvalue weighted by molar-refractivity contribution is 0.0942. The minimum Gasteiger partial charge on any atom is -0.346 e. The molecule has 0 bridgehead atoms. The second-order valence-electron chi connectivity index (χ2n) is 5.53. The van der Waals surface area contributed by atoms with Gasteiger partial charge in [-0.3, -0.25) is 23.6 Å². The highest BCUT2D eigenvalue weighted by molar-refractivity contribution is 6.07. The molecule has 0 aliphatic rings. The molecule has 0 spiro atoms. The van der Waals surface area contributed by atoms with E-state index in [-0.39, 0.29) is 17.5 Å². The van der Waals surface area contributed by atoms with Crippen molar-refractivity contribution in [3.8, 4) is 0 Å². The van der Waals surface area contributed by atoms with Crippen LogP contribution in [0.15, 0.2) is 30.9 Å². The number of aromatic nitrogens is 6. The van der Waals surface area contributed by atoms with Crippen molar-refractivity contribution in [2.45, 2.75) is 6.54 Å². The van der Waals surface area contributed by atoms with Crippen LogP contribution >= 0.6 is 0 Å². The van der Waals surface area contributed by atoms with Gasteiger partial charge >= 0.3 is 0 Å². The Labute approximate surface area is 143 Å². The molecule has 0 saturated carbocycles. The first-order valence-corrected chi connectivity index (χ1v) is 7.53. The molecule has 3 heterocycles. The number of nitrogens with zero attached hydrogens (tertiary/aromatic N) is 6. The summed E-state index contributed by atoms with van der Waals surface area (Å²) in [4.78, 5) is 24.8. The first kappa shape index (κ1) is 16.4. The molecule has 0 aromatic carbocycles. The van der Waals surface area contributed by atoms with E-state index in [0.717, 1.165) is 5.56 Å². The molecule has 0 unspecified atom stereocenters. The van der Waals surface area contributed by atoms with E-state index >= 15 is 0 Å². The summed E-state index contributed by atoms with van der Waals surface area (Å²) < 4.78 is 4.52. The van der Waals surface area contributed by atoms with Gasteiger partial charge in [-0.25, -0.2) is 0 Å². The Morgan fingerprint density at radius 2 is 1.84 bits per heavy atom. The van der Waals surface area contributed by atoms with E-state index in [1.54, 1.807) is 38.1 Å². The maximum Gasteiger partial charge on any atom is 0.274 e. The summed E-state index contributed by atoms with van der Waals surface area (Å²) >= 11 is 0. The van der Waals surface area contributed by atoms with Gasteiger partial charge in [0.25, 0.3) is 11.8 Å². The van der Waals surface area contributed by atoms with E-state index in [9.17, 15) is 9.59 Å². The third kappa shape index (κ3) is 3.42. The van der Waals surface area contributed by atoms with Gasteiger partial charge in [-0.15, -0.1) is 0 Å². The molecule has 0 aliphatic carbocycles. The zero-order valence-electron chi connectivity index (χ0n) is 14.1. The number of nitrogens with one attached hydrogen (secondary N) is 2. The summed E-state index contributed by atoms with van der Waals surface area (Å²) in [6.45, 7) is 0.326. The Hall–Kier alpha value is -3.43. The summed E-state index contributed by atoms with van der Waals surface area (Å²) in [6, 6.07) is 1.59. The summed E-state index contributed by atoms with van der Waals surface area (Å²) in [5, 5.41) is 17.6. The smallest absolute Gasteiger partial charge is 0.274 e. The van der Waals surface area contributed by atoms with Crippen LogP contribution in [-0.4, -0.2) is 41.2 Å². The van der Waals surface area contributed by atoms with Gasteiger partial charge in [-0.1, -0.05) is 0 Å². The maximum atomic E-state index is 12.5. The minimum absolute atomic E-state index is 0.263. The number of carbonyl (C=O) groups is 2. The van der Waals surface area contributed by atoms with Crippen LogP contribution < -0.4 is 10.6 Å². The number of amides is 2. The normalized spacial score (nSPS) is 10.7. The molecular weight excluding hydrogens is 324 g/mol. The van der Waals surface area contributed by atoms with Gasteiger partial charge in [0.05, 0.1) is 18.1 Å². The average molecular weight is 342 g/mol. The van der Waals surface area contributed by atoms with Crippen LogP contribution in [-0.2, 0) is 27.7 Å². The molecule has 3 rings (SSSR count). The van der Waals surface area contributed by atoms with Gasteiger partial charge in [0.1, 0.15) is 11.4 Å². The molecule has 2 amide bonds. The summed E-state index contributed by atoms with van der Waals surface area (Å²) in [7, 11) is 5.11. The van der Waals surface area contributed by atoms with Gasteiger partial charge in [0, 0.05) is 45.6 Å². The van der Waals surface area contributed by atoms with Crippen LogP contribution in [0.2, 0.25) is 0 Å². The SMILES string of the molecule is Cn1cc(CNC(=O)c2c(NC(=O)c3ccnn3C)cnn2C)cn1. The summed E-state index contributed by atoms with van der Waals surface area (Å²) in [6.07, 6.45) is 6.45. The third-order valence-electron chi connectivity index (χ3n) is 3.67. The van der Waals surface area contributed by atoms with Crippen LogP contribution in [0, 0.1) is 0 Å². The van der Waals surface area contributed by atoms with E-state index in [0.29, 0.717) is 17.9 Å².